The number of nitrogens with one attached hydrogen (secondary N) is 1. The first-order chi connectivity index (χ1) is 13.2. The average Bonchev–Trinajstić information content (AvgIpc) is 3.18. The molecule has 27 heavy (non-hydrogen) atoms. The number of ether oxygens (including phenoxy) is 1. The summed E-state index contributed by atoms with van der Waals surface area (Å²) in [6.45, 7) is 6.36. The van der Waals surface area contributed by atoms with E-state index < -0.39 is 0 Å². The van der Waals surface area contributed by atoms with Crippen LogP contribution in [-0.2, 0) is 14.3 Å². The largest absolute Gasteiger partial charge is 0.382 e. The zero-order valence-corrected chi connectivity index (χ0v) is 16.8. The second-order valence-electron chi connectivity index (χ2n) is 6.97. The number of hydrogen-bond donors (Lipinski definition) is 1. The van der Waals surface area contributed by atoms with E-state index in [1.807, 2.05) is 6.92 Å². The van der Waals surface area contributed by atoms with Crippen molar-refractivity contribution in [1.82, 2.24) is 15.5 Å². The molecule has 0 unspecified atom stereocenters. The third-order valence-electron chi connectivity index (χ3n) is 5.06. The van der Waals surface area contributed by atoms with Gasteiger partial charge in [0.1, 0.15) is 0 Å². The zero-order valence-electron chi connectivity index (χ0n) is 16.0. The fourth-order valence-electron chi connectivity index (χ4n) is 3.46. The van der Waals surface area contributed by atoms with E-state index in [4.69, 9.17) is 4.74 Å². The van der Waals surface area contributed by atoms with Gasteiger partial charge in [0.2, 0.25) is 22.1 Å². The van der Waals surface area contributed by atoms with Gasteiger partial charge in [0.15, 0.2) is 0 Å². The van der Waals surface area contributed by atoms with Crippen molar-refractivity contribution in [1.29, 1.82) is 0 Å². The van der Waals surface area contributed by atoms with Crippen molar-refractivity contribution >= 4 is 33.4 Å². The summed E-state index contributed by atoms with van der Waals surface area (Å²) in [5, 5.41) is 13.1. The average molecular weight is 396 g/mol. The van der Waals surface area contributed by atoms with Crippen LogP contribution in [0.25, 0.3) is 0 Å². The summed E-state index contributed by atoms with van der Waals surface area (Å²) >= 11 is 1.48. The van der Waals surface area contributed by atoms with E-state index in [1.54, 1.807) is 4.90 Å². The third-order valence-corrected chi connectivity index (χ3v) is 6.07. The number of amides is 2. The number of nitrogens with zero attached hydrogens (tertiary/aromatic N) is 4. The van der Waals surface area contributed by atoms with Crippen molar-refractivity contribution < 1.29 is 14.3 Å². The van der Waals surface area contributed by atoms with Gasteiger partial charge >= 0.3 is 0 Å². The van der Waals surface area contributed by atoms with Crippen LogP contribution in [0.3, 0.4) is 0 Å². The molecule has 0 bridgehead atoms. The van der Waals surface area contributed by atoms with Crippen LogP contribution in [0.2, 0.25) is 0 Å². The van der Waals surface area contributed by atoms with Gasteiger partial charge in [-0.1, -0.05) is 11.3 Å². The lowest BCUT2D eigenvalue weighted by molar-refractivity contribution is -0.125. The number of piperidine rings is 2. The Morgan fingerprint density at radius 3 is 2.74 bits per heavy atom. The molecule has 150 valence electrons. The molecule has 2 saturated heterocycles. The van der Waals surface area contributed by atoms with Crippen LogP contribution >= 0.6 is 11.3 Å². The summed E-state index contributed by atoms with van der Waals surface area (Å²) in [6.07, 6.45) is 5.05. The second-order valence-corrected chi connectivity index (χ2v) is 7.91. The highest BCUT2D eigenvalue weighted by molar-refractivity contribution is 7.19. The Kier molecular flexibility index (Phi) is 7.40. The van der Waals surface area contributed by atoms with Crippen LogP contribution in [0.1, 0.15) is 45.4 Å². The molecule has 1 N–H and O–H groups in total. The van der Waals surface area contributed by atoms with E-state index in [0.29, 0.717) is 31.3 Å². The molecule has 0 aliphatic carbocycles. The number of carbonyl (C=O) groups excluding carboxylic acids is 2. The van der Waals surface area contributed by atoms with Gasteiger partial charge in [0, 0.05) is 51.7 Å². The second kappa shape index (κ2) is 9.98. The van der Waals surface area contributed by atoms with Crippen molar-refractivity contribution in [2.75, 3.05) is 49.2 Å². The van der Waals surface area contributed by atoms with Gasteiger partial charge in [0.05, 0.1) is 0 Å². The van der Waals surface area contributed by atoms with E-state index in [9.17, 15) is 9.59 Å². The van der Waals surface area contributed by atoms with E-state index in [1.165, 1.54) is 11.3 Å². The molecule has 1 aromatic heterocycles. The first-order valence-electron chi connectivity index (χ1n) is 9.93. The lowest BCUT2D eigenvalue weighted by Gasteiger charge is -2.30. The van der Waals surface area contributed by atoms with Crippen molar-refractivity contribution in [2.45, 2.75) is 45.4 Å². The predicted molar refractivity (Wildman–Crippen MR) is 105 cm³/mol. The Balaban J connectivity index is 1.44. The Morgan fingerprint density at radius 2 is 2.00 bits per heavy atom. The van der Waals surface area contributed by atoms with Gasteiger partial charge in [0.25, 0.3) is 0 Å². The van der Waals surface area contributed by atoms with E-state index in [2.05, 4.69) is 20.4 Å². The van der Waals surface area contributed by atoms with E-state index >= 15 is 0 Å². The van der Waals surface area contributed by atoms with Crippen molar-refractivity contribution in [3.8, 4) is 0 Å². The number of anilines is 2. The van der Waals surface area contributed by atoms with Crippen LogP contribution in [0.4, 0.5) is 10.3 Å². The molecule has 3 heterocycles. The summed E-state index contributed by atoms with van der Waals surface area (Å²) in [7, 11) is 0. The van der Waals surface area contributed by atoms with Crippen LogP contribution < -0.4 is 15.1 Å². The highest BCUT2D eigenvalue weighted by Crippen LogP contribution is 2.31. The molecule has 2 aliphatic rings. The van der Waals surface area contributed by atoms with Gasteiger partial charge < -0.3 is 15.0 Å². The van der Waals surface area contributed by atoms with Gasteiger partial charge in [-0.05, 0) is 39.0 Å². The van der Waals surface area contributed by atoms with E-state index in [0.717, 1.165) is 56.9 Å². The number of aromatic nitrogens is 2. The molecule has 3 rings (SSSR count). The highest BCUT2D eigenvalue weighted by atomic mass is 32.1. The van der Waals surface area contributed by atoms with Crippen LogP contribution in [-0.4, -0.2) is 61.4 Å². The molecule has 9 heteroatoms. The molecule has 0 radical (unpaired) electrons. The molecule has 0 aromatic carbocycles. The van der Waals surface area contributed by atoms with Crippen molar-refractivity contribution in [2.24, 2.45) is 5.92 Å². The minimum atomic E-state index is 0.0596. The maximum atomic E-state index is 12.3. The maximum absolute atomic E-state index is 12.3. The molecular weight excluding hydrogens is 366 g/mol. The fraction of sp³-hybridized carbons (Fsp3) is 0.778. The fourth-order valence-corrected chi connectivity index (χ4v) is 4.40. The molecule has 2 aliphatic heterocycles. The van der Waals surface area contributed by atoms with Gasteiger partial charge in [-0.2, -0.15) is 0 Å². The number of carbonyl (C=O) groups is 2. The quantitative estimate of drug-likeness (QED) is 0.676. The van der Waals surface area contributed by atoms with Crippen molar-refractivity contribution in [3.63, 3.8) is 0 Å². The van der Waals surface area contributed by atoms with Gasteiger partial charge in [-0.25, -0.2) is 0 Å². The normalized spacial score (nSPS) is 18.8. The summed E-state index contributed by atoms with van der Waals surface area (Å²) < 4.78 is 5.28. The number of rotatable bonds is 8. The minimum absolute atomic E-state index is 0.0596. The third kappa shape index (κ3) is 5.38. The summed E-state index contributed by atoms with van der Waals surface area (Å²) in [5.74, 6) is 0.344. The molecular formula is C18H29N5O3S. The van der Waals surface area contributed by atoms with Crippen LogP contribution in [0.15, 0.2) is 0 Å². The Bertz CT molecular complexity index is 630. The van der Waals surface area contributed by atoms with E-state index in [-0.39, 0.29) is 17.7 Å². The Hall–Kier alpha value is -1.74. The standard InChI is InChI=1S/C18H29N5O3S/c1-2-26-13-5-9-19-16(25)14-7-11-22(12-8-14)17-20-21-18(27-17)23-10-4-3-6-15(23)24/h14H,2-13H2,1H3,(H,19,25). The first-order valence-corrected chi connectivity index (χ1v) is 10.7. The number of hydrogen-bond acceptors (Lipinski definition) is 7. The smallest absolute Gasteiger partial charge is 0.228 e. The monoisotopic (exact) mass is 395 g/mol. The van der Waals surface area contributed by atoms with Crippen molar-refractivity contribution in [3.05, 3.63) is 0 Å². The summed E-state index contributed by atoms with van der Waals surface area (Å²) in [5.41, 5.74) is 0. The molecule has 2 fully saturated rings. The maximum Gasteiger partial charge on any atom is 0.228 e. The minimum Gasteiger partial charge on any atom is -0.382 e. The van der Waals surface area contributed by atoms with Crippen LogP contribution in [0, 0.1) is 5.92 Å². The topological polar surface area (TPSA) is 87.7 Å². The lowest BCUT2D eigenvalue weighted by Crippen LogP contribution is -2.41. The van der Waals surface area contributed by atoms with Gasteiger partial charge in [-0.15, -0.1) is 10.2 Å². The Labute approximate surface area is 164 Å². The molecule has 0 atom stereocenters. The Morgan fingerprint density at radius 1 is 1.22 bits per heavy atom. The molecule has 0 spiro atoms. The molecule has 2 amide bonds. The summed E-state index contributed by atoms with van der Waals surface area (Å²) in [6, 6.07) is 0. The van der Waals surface area contributed by atoms with Crippen LogP contribution in [0.5, 0.6) is 0 Å². The summed E-state index contributed by atoms with van der Waals surface area (Å²) in [4.78, 5) is 28.3. The SMILES string of the molecule is CCOCCCNC(=O)C1CCN(c2nnc(N3CCCCC3=O)s2)CC1. The van der Waals surface area contributed by atoms with Gasteiger partial charge in [-0.3, -0.25) is 14.5 Å². The zero-order chi connectivity index (χ0) is 19.1. The lowest BCUT2D eigenvalue weighted by atomic mass is 9.96. The first kappa shape index (κ1) is 20.0. The predicted octanol–water partition coefficient (Wildman–Crippen LogP) is 1.81. The molecule has 8 nitrogen and oxygen atoms in total. The molecule has 1 aromatic rings. The highest BCUT2D eigenvalue weighted by Gasteiger charge is 2.28. The molecule has 0 saturated carbocycles.